The van der Waals surface area contributed by atoms with Crippen molar-refractivity contribution >= 4 is 17.4 Å². The first kappa shape index (κ1) is 23.0. The zero-order valence-corrected chi connectivity index (χ0v) is 20.1. The zero-order chi connectivity index (χ0) is 24.5. The summed E-state index contributed by atoms with van der Waals surface area (Å²) in [6, 6.07) is 14.7. The van der Waals surface area contributed by atoms with Gasteiger partial charge in [0, 0.05) is 54.4 Å². The van der Waals surface area contributed by atoms with Crippen LogP contribution in [0.5, 0.6) is 0 Å². The molecule has 3 aromatic rings. The molecular formula is C27H29N5O3. The number of nitro groups is 1. The van der Waals surface area contributed by atoms with E-state index in [1.807, 2.05) is 30.3 Å². The number of piperidine rings is 1. The zero-order valence-electron chi connectivity index (χ0n) is 20.1. The topological polar surface area (TPSA) is 92.5 Å². The number of fused-ring (bicyclic) bond motifs is 1. The molecule has 1 aromatic heterocycles. The summed E-state index contributed by atoms with van der Waals surface area (Å²) in [7, 11) is 0. The van der Waals surface area contributed by atoms with Crippen molar-refractivity contribution in [2.24, 2.45) is 5.92 Å². The predicted octanol–water partition coefficient (Wildman–Crippen LogP) is 4.80. The van der Waals surface area contributed by atoms with Gasteiger partial charge in [-0.05, 0) is 31.7 Å². The molecule has 0 radical (unpaired) electrons. The van der Waals surface area contributed by atoms with Gasteiger partial charge in [-0.2, -0.15) is 0 Å². The highest BCUT2D eigenvalue weighted by atomic mass is 16.6. The summed E-state index contributed by atoms with van der Waals surface area (Å²) in [6.45, 7) is 6.72. The largest absolute Gasteiger partial charge is 0.356 e. The van der Waals surface area contributed by atoms with Crippen LogP contribution >= 0.6 is 0 Å². The minimum atomic E-state index is -0.438. The van der Waals surface area contributed by atoms with Crippen molar-refractivity contribution in [3.05, 3.63) is 81.0 Å². The lowest BCUT2D eigenvalue weighted by atomic mass is 9.97. The fourth-order valence-electron chi connectivity index (χ4n) is 4.89. The van der Waals surface area contributed by atoms with Crippen molar-refractivity contribution in [2.45, 2.75) is 39.7 Å². The van der Waals surface area contributed by atoms with Crippen molar-refractivity contribution in [3.63, 3.8) is 0 Å². The van der Waals surface area contributed by atoms with Gasteiger partial charge in [0.15, 0.2) is 5.82 Å². The molecule has 1 amide bonds. The third-order valence-electron chi connectivity index (χ3n) is 7.09. The normalized spacial score (nSPS) is 16.2. The molecule has 0 spiro atoms. The van der Waals surface area contributed by atoms with Gasteiger partial charge in [0.05, 0.1) is 17.2 Å². The smallest absolute Gasteiger partial charge is 0.273 e. The third-order valence-corrected chi connectivity index (χ3v) is 7.09. The van der Waals surface area contributed by atoms with Gasteiger partial charge in [0.25, 0.3) is 11.6 Å². The molecule has 1 saturated heterocycles. The molecule has 2 aliphatic rings. The monoisotopic (exact) mass is 471 g/mol. The molecule has 5 rings (SSSR count). The second-order valence-electron chi connectivity index (χ2n) is 9.57. The van der Waals surface area contributed by atoms with Crippen molar-refractivity contribution in [1.29, 1.82) is 0 Å². The standard InChI is InChI=1S/C27H29N5O3/c1-18-10-13-30(14-11-18)26-22-17-31(27(33)21-9-8-19(2)24(16-21)32(34)35)15-12-23(22)28-25(29-26)20-6-4-3-5-7-20/h3-9,16,18H,10-15,17H2,1-2H3. The van der Waals surface area contributed by atoms with Crippen LogP contribution in [-0.4, -0.2) is 45.3 Å². The Morgan fingerprint density at radius 1 is 1.06 bits per heavy atom. The summed E-state index contributed by atoms with van der Waals surface area (Å²) in [4.78, 5) is 38.3. The van der Waals surface area contributed by atoms with Crippen molar-refractivity contribution < 1.29 is 9.72 Å². The van der Waals surface area contributed by atoms with Crippen LogP contribution < -0.4 is 4.90 Å². The Morgan fingerprint density at radius 2 is 1.80 bits per heavy atom. The third kappa shape index (κ3) is 4.60. The minimum absolute atomic E-state index is 0.0350. The quantitative estimate of drug-likeness (QED) is 0.401. The van der Waals surface area contributed by atoms with E-state index in [1.165, 1.54) is 6.07 Å². The van der Waals surface area contributed by atoms with Crippen LogP contribution in [0, 0.1) is 23.0 Å². The molecule has 3 heterocycles. The number of hydrogen-bond donors (Lipinski definition) is 0. The van der Waals surface area contributed by atoms with Crippen LogP contribution in [0.3, 0.4) is 0 Å². The lowest BCUT2D eigenvalue weighted by Gasteiger charge is -2.36. The number of aromatic nitrogens is 2. The summed E-state index contributed by atoms with van der Waals surface area (Å²) in [5.74, 6) is 2.11. The highest BCUT2D eigenvalue weighted by Crippen LogP contribution is 2.33. The summed E-state index contributed by atoms with van der Waals surface area (Å²) < 4.78 is 0. The lowest BCUT2D eigenvalue weighted by Crippen LogP contribution is -2.40. The molecule has 180 valence electrons. The summed E-state index contributed by atoms with van der Waals surface area (Å²) >= 11 is 0. The van der Waals surface area contributed by atoms with Gasteiger partial charge in [-0.1, -0.05) is 43.3 Å². The average molecular weight is 472 g/mol. The number of benzene rings is 2. The van der Waals surface area contributed by atoms with E-state index in [0.29, 0.717) is 42.4 Å². The average Bonchev–Trinajstić information content (AvgIpc) is 2.88. The van der Waals surface area contributed by atoms with Crippen LogP contribution in [0.15, 0.2) is 48.5 Å². The van der Waals surface area contributed by atoms with Gasteiger partial charge < -0.3 is 9.80 Å². The Bertz CT molecular complexity index is 1270. The molecule has 0 N–H and O–H groups in total. The fraction of sp³-hybridized carbons (Fsp3) is 0.370. The van der Waals surface area contributed by atoms with E-state index in [4.69, 9.17) is 9.97 Å². The molecule has 8 heteroatoms. The van der Waals surface area contributed by atoms with Gasteiger partial charge in [0.1, 0.15) is 5.82 Å². The molecule has 0 bridgehead atoms. The first-order chi connectivity index (χ1) is 16.9. The molecule has 35 heavy (non-hydrogen) atoms. The number of amides is 1. The number of anilines is 1. The van der Waals surface area contributed by atoms with Gasteiger partial charge in [-0.25, -0.2) is 9.97 Å². The van der Waals surface area contributed by atoms with E-state index in [9.17, 15) is 14.9 Å². The van der Waals surface area contributed by atoms with Crippen molar-refractivity contribution in [3.8, 4) is 11.4 Å². The Kier molecular flexibility index (Phi) is 6.19. The van der Waals surface area contributed by atoms with Crippen LogP contribution in [0.1, 0.15) is 46.9 Å². The molecule has 2 aliphatic heterocycles. The summed E-state index contributed by atoms with van der Waals surface area (Å²) in [5, 5.41) is 11.4. The molecule has 2 aromatic carbocycles. The first-order valence-corrected chi connectivity index (χ1v) is 12.1. The Labute approximate surface area is 204 Å². The number of hydrogen-bond acceptors (Lipinski definition) is 6. The van der Waals surface area contributed by atoms with Gasteiger partial charge in [-0.15, -0.1) is 0 Å². The number of carbonyl (C=O) groups excluding carboxylic acids is 1. The molecule has 0 unspecified atom stereocenters. The maximum absolute atomic E-state index is 13.4. The number of rotatable bonds is 4. The van der Waals surface area contributed by atoms with E-state index in [2.05, 4.69) is 11.8 Å². The van der Waals surface area contributed by atoms with Crippen LogP contribution in [0.4, 0.5) is 11.5 Å². The molecule has 8 nitrogen and oxygen atoms in total. The second kappa shape index (κ2) is 9.44. The van der Waals surface area contributed by atoms with Crippen molar-refractivity contribution in [2.75, 3.05) is 24.5 Å². The predicted molar refractivity (Wildman–Crippen MR) is 134 cm³/mol. The summed E-state index contributed by atoms with van der Waals surface area (Å²) in [5.41, 5.74) is 3.78. The molecule has 0 atom stereocenters. The van der Waals surface area contributed by atoms with Crippen LogP contribution in [0.25, 0.3) is 11.4 Å². The lowest BCUT2D eigenvalue weighted by molar-refractivity contribution is -0.385. The molecule has 0 saturated carbocycles. The van der Waals surface area contributed by atoms with Crippen LogP contribution in [0.2, 0.25) is 0 Å². The SMILES string of the molecule is Cc1ccc(C(=O)N2CCc3nc(-c4ccccc4)nc(N4CCC(C)CC4)c3C2)cc1[N+](=O)[O-]. The molecule has 0 aliphatic carbocycles. The maximum atomic E-state index is 13.4. The van der Waals surface area contributed by atoms with E-state index in [-0.39, 0.29) is 11.6 Å². The van der Waals surface area contributed by atoms with E-state index >= 15 is 0 Å². The fourth-order valence-corrected chi connectivity index (χ4v) is 4.89. The summed E-state index contributed by atoms with van der Waals surface area (Å²) in [6.07, 6.45) is 2.83. The Hall–Kier alpha value is -3.81. The Morgan fingerprint density at radius 3 is 2.51 bits per heavy atom. The van der Waals surface area contributed by atoms with E-state index < -0.39 is 4.92 Å². The van der Waals surface area contributed by atoms with Gasteiger partial charge in [-0.3, -0.25) is 14.9 Å². The maximum Gasteiger partial charge on any atom is 0.273 e. The first-order valence-electron chi connectivity index (χ1n) is 12.1. The number of nitro benzene ring substituents is 1. The van der Waals surface area contributed by atoms with Crippen LogP contribution in [-0.2, 0) is 13.0 Å². The minimum Gasteiger partial charge on any atom is -0.356 e. The highest BCUT2D eigenvalue weighted by molar-refractivity contribution is 5.95. The highest BCUT2D eigenvalue weighted by Gasteiger charge is 2.30. The second-order valence-corrected chi connectivity index (χ2v) is 9.57. The van der Waals surface area contributed by atoms with E-state index in [0.717, 1.165) is 48.6 Å². The molecule has 1 fully saturated rings. The van der Waals surface area contributed by atoms with E-state index in [1.54, 1.807) is 24.0 Å². The van der Waals surface area contributed by atoms with Gasteiger partial charge in [0.2, 0.25) is 0 Å². The Balaban J connectivity index is 1.50. The van der Waals surface area contributed by atoms with Gasteiger partial charge >= 0.3 is 0 Å². The van der Waals surface area contributed by atoms with Crippen molar-refractivity contribution in [1.82, 2.24) is 14.9 Å². The number of nitrogens with zero attached hydrogens (tertiary/aromatic N) is 5. The number of aryl methyl sites for hydroxylation is 1. The molecular weight excluding hydrogens is 442 g/mol. The number of carbonyl (C=O) groups is 1.